The van der Waals surface area contributed by atoms with Crippen molar-refractivity contribution in [2.75, 3.05) is 58.2 Å². The van der Waals surface area contributed by atoms with Crippen molar-refractivity contribution in [3.8, 4) is 0 Å². The van der Waals surface area contributed by atoms with E-state index in [4.69, 9.17) is 0 Å². The Bertz CT molecular complexity index is 638. The summed E-state index contributed by atoms with van der Waals surface area (Å²) in [7, 11) is 2.16. The number of piperazine rings is 1. The van der Waals surface area contributed by atoms with Gasteiger partial charge < -0.3 is 20.0 Å². The molecule has 2 heterocycles. The number of halogens is 2. The molecule has 1 N–H and O–H groups in total. The highest BCUT2D eigenvalue weighted by molar-refractivity contribution is 5.89. The molecule has 3 rings (SSSR count). The van der Waals surface area contributed by atoms with Crippen LogP contribution in [0.4, 0.5) is 19.3 Å². The van der Waals surface area contributed by atoms with E-state index < -0.39 is 11.6 Å². The van der Waals surface area contributed by atoms with Crippen molar-refractivity contribution in [1.29, 1.82) is 0 Å². The maximum atomic E-state index is 13.3. The maximum absolute atomic E-state index is 13.3. The van der Waals surface area contributed by atoms with Gasteiger partial charge in [-0.05, 0) is 37.4 Å². The Morgan fingerprint density at radius 1 is 1.08 bits per heavy atom. The van der Waals surface area contributed by atoms with Gasteiger partial charge in [-0.3, -0.25) is 0 Å². The van der Waals surface area contributed by atoms with E-state index in [9.17, 15) is 13.6 Å². The van der Waals surface area contributed by atoms with Crippen molar-refractivity contribution < 1.29 is 13.6 Å². The molecule has 7 heteroatoms. The number of hydrogen-bond acceptors (Lipinski definition) is 3. The molecule has 0 saturated carbocycles. The zero-order valence-corrected chi connectivity index (χ0v) is 15.6. The van der Waals surface area contributed by atoms with Crippen LogP contribution in [0.5, 0.6) is 0 Å². The van der Waals surface area contributed by atoms with E-state index in [2.05, 4.69) is 29.1 Å². The highest BCUT2D eigenvalue weighted by atomic mass is 19.2. The Morgan fingerprint density at radius 2 is 1.73 bits per heavy atom. The second-order valence-electron chi connectivity index (χ2n) is 7.94. The molecule has 0 aromatic heterocycles. The summed E-state index contributed by atoms with van der Waals surface area (Å²) < 4.78 is 26.3. The van der Waals surface area contributed by atoms with E-state index in [1.54, 1.807) is 4.90 Å². The lowest BCUT2D eigenvalue weighted by atomic mass is 9.80. The first-order valence-electron chi connectivity index (χ1n) is 9.27. The van der Waals surface area contributed by atoms with Crippen molar-refractivity contribution in [1.82, 2.24) is 14.7 Å². The van der Waals surface area contributed by atoms with Gasteiger partial charge in [0, 0.05) is 57.6 Å². The first-order chi connectivity index (χ1) is 12.3. The van der Waals surface area contributed by atoms with Gasteiger partial charge in [0.05, 0.1) is 0 Å². The Hall–Kier alpha value is -1.73. The molecule has 1 aromatic rings. The van der Waals surface area contributed by atoms with Crippen LogP contribution in [-0.4, -0.2) is 73.6 Å². The molecule has 0 bridgehead atoms. The van der Waals surface area contributed by atoms with Crippen LogP contribution in [0.15, 0.2) is 18.2 Å². The molecule has 0 unspecified atom stereocenters. The Kier molecular flexibility index (Phi) is 5.77. The standard InChI is InChI=1S/C19H28F2N4O/c1-19(14-24-11-9-23(2)10-12-24)5-7-25(8-6-19)18(26)22-15-3-4-16(20)17(21)13-15/h3-4,13H,5-12,14H2,1-2H3,(H,22,26). The Balaban J connectivity index is 1.49. The summed E-state index contributed by atoms with van der Waals surface area (Å²) >= 11 is 0. The van der Waals surface area contributed by atoms with Gasteiger partial charge in [0.1, 0.15) is 0 Å². The van der Waals surface area contributed by atoms with E-state index in [-0.39, 0.29) is 17.1 Å². The maximum Gasteiger partial charge on any atom is 0.321 e. The van der Waals surface area contributed by atoms with Gasteiger partial charge in [-0.15, -0.1) is 0 Å². The number of urea groups is 1. The van der Waals surface area contributed by atoms with Crippen LogP contribution >= 0.6 is 0 Å². The van der Waals surface area contributed by atoms with Gasteiger partial charge >= 0.3 is 6.03 Å². The van der Waals surface area contributed by atoms with Crippen LogP contribution in [0, 0.1) is 17.0 Å². The minimum atomic E-state index is -0.957. The number of benzene rings is 1. The first kappa shape index (κ1) is 19.0. The molecule has 0 radical (unpaired) electrons. The average Bonchev–Trinajstić information content (AvgIpc) is 2.60. The van der Waals surface area contributed by atoms with Crippen LogP contribution in [0.3, 0.4) is 0 Å². The smallest absolute Gasteiger partial charge is 0.321 e. The quantitative estimate of drug-likeness (QED) is 0.894. The lowest BCUT2D eigenvalue weighted by molar-refractivity contribution is 0.0646. The van der Waals surface area contributed by atoms with Gasteiger partial charge in [-0.25, -0.2) is 13.6 Å². The topological polar surface area (TPSA) is 38.8 Å². The van der Waals surface area contributed by atoms with Gasteiger partial charge in [-0.1, -0.05) is 6.92 Å². The number of rotatable bonds is 3. The average molecular weight is 366 g/mol. The van der Waals surface area contributed by atoms with Crippen molar-refractivity contribution in [2.24, 2.45) is 5.41 Å². The molecule has 2 fully saturated rings. The summed E-state index contributed by atoms with van der Waals surface area (Å²) in [6, 6.07) is 3.15. The summed E-state index contributed by atoms with van der Waals surface area (Å²) in [6.07, 6.45) is 1.90. The predicted molar refractivity (Wildman–Crippen MR) is 98.2 cm³/mol. The lowest BCUT2D eigenvalue weighted by Gasteiger charge is -2.44. The van der Waals surface area contributed by atoms with Crippen molar-refractivity contribution in [3.63, 3.8) is 0 Å². The monoisotopic (exact) mass is 366 g/mol. The third-order valence-corrected chi connectivity index (χ3v) is 5.63. The molecule has 2 saturated heterocycles. The normalized spacial score (nSPS) is 21.6. The fourth-order valence-corrected chi connectivity index (χ4v) is 3.73. The van der Waals surface area contributed by atoms with E-state index in [0.717, 1.165) is 57.7 Å². The number of nitrogens with zero attached hydrogens (tertiary/aromatic N) is 3. The number of anilines is 1. The first-order valence-corrected chi connectivity index (χ1v) is 9.27. The molecule has 5 nitrogen and oxygen atoms in total. The number of likely N-dealkylation sites (N-methyl/N-ethyl adjacent to an activating group) is 1. The second kappa shape index (κ2) is 7.88. The van der Waals surface area contributed by atoms with Crippen LogP contribution in [0.2, 0.25) is 0 Å². The van der Waals surface area contributed by atoms with E-state index in [0.29, 0.717) is 13.1 Å². The SMILES string of the molecule is CN1CCN(CC2(C)CCN(C(=O)Nc3ccc(F)c(F)c3)CC2)CC1. The highest BCUT2D eigenvalue weighted by Crippen LogP contribution is 2.32. The lowest BCUT2D eigenvalue weighted by Crippen LogP contribution is -2.51. The molecule has 0 atom stereocenters. The minimum Gasteiger partial charge on any atom is -0.324 e. The number of carbonyl (C=O) groups excluding carboxylic acids is 1. The highest BCUT2D eigenvalue weighted by Gasteiger charge is 2.34. The fourth-order valence-electron chi connectivity index (χ4n) is 3.73. The second-order valence-corrected chi connectivity index (χ2v) is 7.94. The molecular formula is C19H28F2N4O. The zero-order valence-electron chi connectivity index (χ0n) is 15.6. The van der Waals surface area contributed by atoms with Gasteiger partial charge in [0.15, 0.2) is 11.6 Å². The number of likely N-dealkylation sites (tertiary alicyclic amines) is 1. The Morgan fingerprint density at radius 3 is 2.35 bits per heavy atom. The molecule has 26 heavy (non-hydrogen) atoms. The molecule has 2 aliphatic heterocycles. The van der Waals surface area contributed by atoms with Crippen LogP contribution in [0.25, 0.3) is 0 Å². The molecule has 0 spiro atoms. The Labute approximate surface area is 153 Å². The van der Waals surface area contributed by atoms with Gasteiger partial charge in [0.25, 0.3) is 0 Å². The van der Waals surface area contributed by atoms with Crippen LogP contribution in [-0.2, 0) is 0 Å². The summed E-state index contributed by atoms with van der Waals surface area (Å²) in [4.78, 5) is 19.0. The largest absolute Gasteiger partial charge is 0.324 e. The fraction of sp³-hybridized carbons (Fsp3) is 0.632. The third kappa shape index (κ3) is 4.71. The van der Waals surface area contributed by atoms with Crippen molar-refractivity contribution >= 4 is 11.7 Å². The van der Waals surface area contributed by atoms with E-state index in [1.165, 1.54) is 6.07 Å². The molecule has 144 valence electrons. The number of hydrogen-bond donors (Lipinski definition) is 1. The molecule has 0 aliphatic carbocycles. The summed E-state index contributed by atoms with van der Waals surface area (Å²) in [6.45, 7) is 9.16. The van der Waals surface area contributed by atoms with E-state index in [1.807, 2.05) is 0 Å². The van der Waals surface area contributed by atoms with Crippen LogP contribution in [0.1, 0.15) is 19.8 Å². The number of carbonyl (C=O) groups is 1. The molecule has 2 aliphatic rings. The van der Waals surface area contributed by atoms with Crippen molar-refractivity contribution in [3.05, 3.63) is 29.8 Å². The van der Waals surface area contributed by atoms with Crippen molar-refractivity contribution in [2.45, 2.75) is 19.8 Å². The number of nitrogens with one attached hydrogen (secondary N) is 1. The molecular weight excluding hydrogens is 338 g/mol. The van der Waals surface area contributed by atoms with E-state index >= 15 is 0 Å². The summed E-state index contributed by atoms with van der Waals surface area (Å²) in [5, 5.41) is 2.66. The number of amides is 2. The van der Waals surface area contributed by atoms with Gasteiger partial charge in [-0.2, -0.15) is 0 Å². The predicted octanol–water partition coefficient (Wildman–Crippen LogP) is 2.85. The molecule has 1 aromatic carbocycles. The van der Waals surface area contributed by atoms with Crippen LogP contribution < -0.4 is 5.32 Å². The summed E-state index contributed by atoms with van der Waals surface area (Å²) in [5.41, 5.74) is 0.494. The minimum absolute atomic E-state index is 0.217. The van der Waals surface area contributed by atoms with Gasteiger partial charge in [0.2, 0.25) is 0 Å². The third-order valence-electron chi connectivity index (χ3n) is 5.63. The molecule has 2 amide bonds. The summed E-state index contributed by atoms with van der Waals surface area (Å²) in [5.74, 6) is -1.87. The number of piperidine rings is 1. The zero-order chi connectivity index (χ0) is 18.7.